The van der Waals surface area contributed by atoms with E-state index in [1.54, 1.807) is 41.1 Å². The Labute approximate surface area is 185 Å². The van der Waals surface area contributed by atoms with Crippen molar-refractivity contribution in [1.29, 1.82) is 0 Å². The number of nitrogens with two attached hydrogens (primary N) is 1. The fraction of sp³-hybridized carbons (Fsp3) is 0.190. The summed E-state index contributed by atoms with van der Waals surface area (Å²) in [7, 11) is -3.55. The van der Waals surface area contributed by atoms with Crippen molar-refractivity contribution in [3.63, 3.8) is 0 Å². The molecule has 0 saturated heterocycles. The van der Waals surface area contributed by atoms with Gasteiger partial charge in [-0.15, -0.1) is 5.69 Å². The van der Waals surface area contributed by atoms with Gasteiger partial charge in [0, 0.05) is 17.5 Å². The molecule has 2 N–H and O–H groups in total. The Kier molecular flexibility index (Phi) is 5.35. The lowest BCUT2D eigenvalue weighted by Gasteiger charge is -2.19. The lowest BCUT2D eigenvalue weighted by atomic mass is 10.1. The summed E-state index contributed by atoms with van der Waals surface area (Å²) in [4.78, 5) is 17.9. The van der Waals surface area contributed by atoms with Crippen molar-refractivity contribution in [1.82, 2.24) is 14.8 Å². The summed E-state index contributed by atoms with van der Waals surface area (Å²) < 4.78 is 28.6. The maximum Gasteiger partial charge on any atom is 0.253 e. The number of hydrogen-bond acceptors (Lipinski definition) is 7. The Morgan fingerprint density at radius 1 is 1.09 bits per heavy atom. The van der Waals surface area contributed by atoms with E-state index >= 15 is 0 Å². The molecule has 0 saturated carbocycles. The number of nitrogen functional groups attached to an aromatic ring is 1. The van der Waals surface area contributed by atoms with Crippen LogP contribution in [0.3, 0.4) is 0 Å². The zero-order valence-electron chi connectivity index (χ0n) is 18.0. The van der Waals surface area contributed by atoms with E-state index in [-0.39, 0.29) is 5.69 Å². The summed E-state index contributed by atoms with van der Waals surface area (Å²) in [5.41, 5.74) is 10.4. The van der Waals surface area contributed by atoms with Crippen LogP contribution < -0.4 is 5.73 Å². The fourth-order valence-corrected chi connectivity index (χ4v) is 3.59. The summed E-state index contributed by atoms with van der Waals surface area (Å²) >= 11 is 0. The van der Waals surface area contributed by atoms with Gasteiger partial charge in [0.1, 0.15) is 11.5 Å². The first-order chi connectivity index (χ1) is 15.1. The number of hydrogen-bond donors (Lipinski definition) is 1. The summed E-state index contributed by atoms with van der Waals surface area (Å²) in [6.07, 6.45) is 2.58. The van der Waals surface area contributed by atoms with Crippen LogP contribution in [0.1, 0.15) is 22.5 Å². The molecule has 32 heavy (non-hydrogen) atoms. The molecule has 0 aliphatic carbocycles. The van der Waals surface area contributed by atoms with E-state index in [0.29, 0.717) is 34.6 Å². The Morgan fingerprint density at radius 2 is 1.88 bits per heavy atom. The monoisotopic (exact) mass is 449 g/mol. The average Bonchev–Trinajstić information content (AvgIpc) is 3.25. The van der Waals surface area contributed by atoms with Crippen molar-refractivity contribution in [2.75, 3.05) is 12.0 Å². The number of aryl methyl sites for hydroxylation is 1. The van der Waals surface area contributed by atoms with Gasteiger partial charge in [-0.1, -0.05) is 24.3 Å². The maximum atomic E-state index is 11.6. The first kappa shape index (κ1) is 21.4. The lowest BCUT2D eigenvalue weighted by molar-refractivity contribution is 0.609. The first-order valence-corrected chi connectivity index (χ1v) is 11.5. The van der Waals surface area contributed by atoms with Crippen LogP contribution in [0, 0.1) is 20.8 Å². The smallest absolute Gasteiger partial charge is 0.253 e. The highest BCUT2D eigenvalue weighted by Gasteiger charge is 2.23. The molecule has 164 valence electrons. The summed E-state index contributed by atoms with van der Waals surface area (Å²) in [5, 5.41) is 4.54. The average molecular weight is 450 g/mol. The molecule has 2 aromatic heterocycles. The molecule has 0 radical (unpaired) electrons. The highest BCUT2D eigenvalue weighted by atomic mass is 32.2. The van der Waals surface area contributed by atoms with E-state index in [2.05, 4.69) is 29.8 Å². The van der Waals surface area contributed by atoms with Crippen LogP contribution in [0.5, 0.6) is 0 Å². The largest absolute Gasteiger partial charge is 0.577 e. The fourth-order valence-electron chi connectivity index (χ4n) is 3.09. The minimum atomic E-state index is -3.55. The van der Waals surface area contributed by atoms with Crippen LogP contribution in [-0.2, 0) is 10.0 Å². The number of anilines is 1. The molecule has 0 unspecified atom stereocenters. The Morgan fingerprint density at radius 3 is 2.50 bits per heavy atom. The second-order valence-electron chi connectivity index (χ2n) is 7.33. The van der Waals surface area contributed by atoms with Crippen LogP contribution in [0.15, 0.2) is 57.6 Å². The maximum absolute atomic E-state index is 11.6. The van der Waals surface area contributed by atoms with E-state index < -0.39 is 10.0 Å². The number of pyridine rings is 1. The Balaban J connectivity index is 1.83. The van der Waals surface area contributed by atoms with E-state index in [0.717, 1.165) is 23.2 Å². The third-order valence-corrected chi connectivity index (χ3v) is 5.41. The van der Waals surface area contributed by atoms with Gasteiger partial charge in [0.15, 0.2) is 5.84 Å². The number of nitrogens with zero attached hydrogens (tertiary/aromatic N) is 7. The number of rotatable bonds is 4. The predicted octanol–water partition coefficient (Wildman–Crippen LogP) is 3.19. The van der Waals surface area contributed by atoms with Crippen molar-refractivity contribution in [2.45, 2.75) is 20.8 Å². The highest BCUT2D eigenvalue weighted by Crippen LogP contribution is 2.25. The minimum absolute atomic E-state index is 0.289. The topological polar surface area (TPSA) is 142 Å². The second-order valence-corrected chi connectivity index (χ2v) is 8.98. The van der Waals surface area contributed by atoms with Crippen molar-refractivity contribution < 1.29 is 8.42 Å². The van der Waals surface area contributed by atoms with Crippen LogP contribution >= 0.6 is 0 Å². The number of sulfonamides is 1. The normalized spacial score (nSPS) is 15.1. The van der Waals surface area contributed by atoms with Crippen LogP contribution in [-0.4, -0.2) is 46.9 Å². The van der Waals surface area contributed by atoms with Crippen LogP contribution in [0.4, 0.5) is 17.2 Å². The molecule has 0 atom stereocenters. The van der Waals surface area contributed by atoms with Crippen LogP contribution in [0.2, 0.25) is 0 Å². The molecule has 0 amide bonds. The third-order valence-electron chi connectivity index (χ3n) is 4.87. The van der Waals surface area contributed by atoms with Gasteiger partial charge < -0.3 is 10.5 Å². The molecule has 11 heteroatoms. The highest BCUT2D eigenvalue weighted by molar-refractivity contribution is 7.93. The number of aliphatic imine (C=N–C) groups is 3. The molecule has 1 aliphatic heterocycles. The third kappa shape index (κ3) is 4.42. The van der Waals surface area contributed by atoms with Gasteiger partial charge in [0.05, 0.1) is 27.6 Å². The van der Waals surface area contributed by atoms with Gasteiger partial charge in [0.2, 0.25) is 0 Å². The van der Waals surface area contributed by atoms with Crippen molar-refractivity contribution >= 4 is 44.7 Å². The van der Waals surface area contributed by atoms with Crippen molar-refractivity contribution in [3.05, 3.63) is 69.8 Å². The molecule has 0 spiro atoms. The molecule has 4 rings (SSSR count). The molecule has 10 nitrogen and oxygen atoms in total. The molecule has 3 heterocycles. The Hall–Kier alpha value is -3.86. The van der Waals surface area contributed by atoms with Gasteiger partial charge >= 0.3 is 0 Å². The molecular weight excluding hydrogens is 428 g/mol. The molecule has 0 fully saturated rings. The second kappa shape index (κ2) is 8.00. The lowest BCUT2D eigenvalue weighted by Crippen LogP contribution is -2.11. The zero-order valence-corrected chi connectivity index (χ0v) is 18.8. The molecule has 0 bridgehead atoms. The summed E-state index contributed by atoms with van der Waals surface area (Å²) in [6, 6.07) is 10.1. The first-order valence-electron chi connectivity index (χ1n) is 9.65. The Bertz CT molecular complexity index is 1400. The van der Waals surface area contributed by atoms with E-state index in [1.165, 1.54) is 6.20 Å². The van der Waals surface area contributed by atoms with Crippen molar-refractivity contribution in [2.24, 2.45) is 15.0 Å². The van der Waals surface area contributed by atoms with Crippen molar-refractivity contribution in [3.8, 4) is 0 Å². The minimum Gasteiger partial charge on any atom is -0.577 e. The predicted molar refractivity (Wildman–Crippen MR) is 126 cm³/mol. The van der Waals surface area contributed by atoms with Gasteiger partial charge in [-0.25, -0.2) is 28.1 Å². The van der Waals surface area contributed by atoms with E-state index in [1.807, 2.05) is 20.8 Å². The quantitative estimate of drug-likeness (QED) is 0.651. The SMILES string of the molecule is Cc1nn(C2=NC(=Nc3ccc(N)nc3)C(c3cccc([N-]S(C)(=O)=O)c3)=N2)c(C)c1C. The number of benzene rings is 1. The number of amidine groups is 1. The molecular formula is C21H21N8O2S-. The van der Waals surface area contributed by atoms with Crippen LogP contribution in [0.25, 0.3) is 4.72 Å². The number of aromatic nitrogens is 3. The van der Waals surface area contributed by atoms with Gasteiger partial charge in [-0.05, 0) is 38.5 Å². The molecule has 1 aromatic carbocycles. The zero-order chi connectivity index (χ0) is 23.0. The van der Waals surface area contributed by atoms with Gasteiger partial charge in [0.25, 0.3) is 5.96 Å². The van der Waals surface area contributed by atoms with E-state index in [4.69, 9.17) is 5.73 Å². The summed E-state index contributed by atoms with van der Waals surface area (Å²) in [6.45, 7) is 5.85. The molecule has 3 aromatic rings. The van der Waals surface area contributed by atoms with E-state index in [9.17, 15) is 8.42 Å². The standard InChI is InChI=1S/C21H21N8O2S/c1-12-13(2)27-29(14(12)3)21-25-19(15-6-5-7-16(10-15)28-32(4,30)31)20(26-21)24-17-8-9-18(22)23-11-17/h5-11H,1-4H3,(H2,22,23)/q-1. The van der Waals surface area contributed by atoms with Gasteiger partial charge in [-0.3, -0.25) is 0 Å². The molecule has 1 aliphatic rings. The van der Waals surface area contributed by atoms with Gasteiger partial charge in [-0.2, -0.15) is 10.1 Å². The summed E-state index contributed by atoms with van der Waals surface area (Å²) in [5.74, 6) is 1.08.